The number of carbonyl (C=O) groups excluding carboxylic acids is 2. The maximum absolute atomic E-state index is 13.0. The smallest absolute Gasteiger partial charge is 0.410 e. The van der Waals surface area contributed by atoms with E-state index in [9.17, 15) is 18.4 Å². The van der Waals surface area contributed by atoms with Crippen molar-refractivity contribution in [3.63, 3.8) is 0 Å². The van der Waals surface area contributed by atoms with Gasteiger partial charge in [0.25, 0.3) is 0 Å². The van der Waals surface area contributed by atoms with E-state index in [4.69, 9.17) is 16.3 Å². The zero-order chi connectivity index (χ0) is 24.6. The molecule has 34 heavy (non-hydrogen) atoms. The number of amides is 2. The standard InChI is InChI=1S/C23H24ClF2N5O3/c1-23(2,3)34-22(33)30-7-8-31(18(32)12-30)17-6-4-5-15(29-17)14-11-28-21-19(20(14)24)13(10-27-21)9-16(25)26/h4-6,10-11,16H,7-9,12H2,1-3H3,(H,27,28). The third-order valence-electron chi connectivity index (χ3n) is 5.25. The van der Waals surface area contributed by atoms with Crippen LogP contribution in [0.3, 0.4) is 0 Å². The molecule has 0 saturated carbocycles. The van der Waals surface area contributed by atoms with Crippen molar-refractivity contribution in [3.8, 4) is 11.3 Å². The minimum Gasteiger partial charge on any atom is -0.444 e. The molecule has 4 rings (SSSR count). The van der Waals surface area contributed by atoms with Crippen LogP contribution in [0.15, 0.2) is 30.6 Å². The van der Waals surface area contributed by atoms with E-state index < -0.39 is 24.5 Å². The maximum atomic E-state index is 13.0. The van der Waals surface area contributed by atoms with Crippen molar-refractivity contribution < 1.29 is 23.1 Å². The normalized spacial score (nSPS) is 14.9. The number of pyridine rings is 2. The molecule has 1 aliphatic rings. The first-order chi connectivity index (χ1) is 16.0. The summed E-state index contributed by atoms with van der Waals surface area (Å²) in [7, 11) is 0. The highest BCUT2D eigenvalue weighted by Crippen LogP contribution is 2.35. The SMILES string of the molecule is CC(C)(C)OC(=O)N1CCN(c2cccc(-c3cnc4[nH]cc(CC(F)F)c4c3Cl)n2)C(=O)C1. The lowest BCUT2D eigenvalue weighted by Gasteiger charge is -2.34. The molecule has 180 valence electrons. The van der Waals surface area contributed by atoms with Gasteiger partial charge < -0.3 is 9.72 Å². The molecule has 1 aliphatic heterocycles. The van der Waals surface area contributed by atoms with Gasteiger partial charge in [0.15, 0.2) is 0 Å². The van der Waals surface area contributed by atoms with Crippen LogP contribution in [0.4, 0.5) is 19.4 Å². The minimum absolute atomic E-state index is 0.130. The van der Waals surface area contributed by atoms with Gasteiger partial charge in [0.05, 0.1) is 10.7 Å². The van der Waals surface area contributed by atoms with Gasteiger partial charge in [-0.05, 0) is 38.5 Å². The van der Waals surface area contributed by atoms with Gasteiger partial charge in [-0.15, -0.1) is 0 Å². The number of nitrogens with one attached hydrogen (secondary N) is 1. The van der Waals surface area contributed by atoms with Gasteiger partial charge in [-0.2, -0.15) is 0 Å². The summed E-state index contributed by atoms with van der Waals surface area (Å²) in [4.78, 5) is 39.7. The fourth-order valence-corrected chi connectivity index (χ4v) is 4.10. The van der Waals surface area contributed by atoms with Crippen LogP contribution in [-0.4, -0.2) is 63.5 Å². The van der Waals surface area contributed by atoms with Crippen molar-refractivity contribution in [3.05, 3.63) is 41.2 Å². The molecule has 0 unspecified atom stereocenters. The number of H-pyrrole nitrogens is 1. The number of aromatic amines is 1. The third-order valence-corrected chi connectivity index (χ3v) is 5.65. The Morgan fingerprint density at radius 1 is 1.29 bits per heavy atom. The topological polar surface area (TPSA) is 91.4 Å². The van der Waals surface area contributed by atoms with E-state index in [1.165, 1.54) is 22.2 Å². The average molecular weight is 492 g/mol. The lowest BCUT2D eigenvalue weighted by molar-refractivity contribution is -0.121. The van der Waals surface area contributed by atoms with Crippen molar-refractivity contribution in [1.29, 1.82) is 0 Å². The van der Waals surface area contributed by atoms with Gasteiger partial charge in [-0.3, -0.25) is 14.6 Å². The van der Waals surface area contributed by atoms with Gasteiger partial charge in [0, 0.05) is 42.9 Å². The summed E-state index contributed by atoms with van der Waals surface area (Å²) in [6, 6.07) is 5.12. The van der Waals surface area contributed by atoms with E-state index in [-0.39, 0.29) is 24.0 Å². The average Bonchev–Trinajstić information content (AvgIpc) is 3.15. The summed E-state index contributed by atoms with van der Waals surface area (Å²) in [6.07, 6.45) is -0.521. The molecule has 0 radical (unpaired) electrons. The molecule has 0 atom stereocenters. The summed E-state index contributed by atoms with van der Waals surface area (Å²) in [5, 5.41) is 0.682. The van der Waals surface area contributed by atoms with Crippen LogP contribution >= 0.6 is 11.6 Å². The number of ether oxygens (including phenoxy) is 1. The Bertz CT molecular complexity index is 1240. The van der Waals surface area contributed by atoms with Crippen LogP contribution in [0.1, 0.15) is 26.3 Å². The van der Waals surface area contributed by atoms with E-state index >= 15 is 0 Å². The number of piperazine rings is 1. The van der Waals surface area contributed by atoms with Gasteiger partial charge in [-0.1, -0.05) is 17.7 Å². The monoisotopic (exact) mass is 491 g/mol. The number of hydrogen-bond acceptors (Lipinski definition) is 5. The van der Waals surface area contributed by atoms with Crippen molar-refractivity contribution in [2.75, 3.05) is 24.5 Å². The number of nitrogens with zero attached hydrogens (tertiary/aromatic N) is 4. The largest absolute Gasteiger partial charge is 0.444 e. The number of carbonyl (C=O) groups is 2. The third kappa shape index (κ3) is 4.96. The lowest BCUT2D eigenvalue weighted by Crippen LogP contribution is -2.53. The Hall–Kier alpha value is -3.27. The van der Waals surface area contributed by atoms with E-state index in [2.05, 4.69) is 15.0 Å². The molecular weight excluding hydrogens is 468 g/mol. The van der Waals surface area contributed by atoms with Crippen LogP contribution in [0.25, 0.3) is 22.3 Å². The van der Waals surface area contributed by atoms with E-state index in [0.717, 1.165) is 0 Å². The zero-order valence-electron chi connectivity index (χ0n) is 18.9. The second-order valence-corrected chi connectivity index (χ2v) is 9.32. The molecule has 0 aliphatic carbocycles. The second kappa shape index (κ2) is 9.17. The molecule has 1 fully saturated rings. The van der Waals surface area contributed by atoms with Gasteiger partial charge >= 0.3 is 6.09 Å². The Kier molecular flexibility index (Phi) is 6.44. The lowest BCUT2D eigenvalue weighted by atomic mass is 10.1. The second-order valence-electron chi connectivity index (χ2n) is 8.95. The number of halogens is 3. The highest BCUT2D eigenvalue weighted by Gasteiger charge is 2.31. The quantitative estimate of drug-likeness (QED) is 0.572. The van der Waals surface area contributed by atoms with Crippen LogP contribution in [-0.2, 0) is 16.0 Å². The highest BCUT2D eigenvalue weighted by atomic mass is 35.5. The van der Waals surface area contributed by atoms with Crippen LogP contribution < -0.4 is 4.90 Å². The Morgan fingerprint density at radius 3 is 2.74 bits per heavy atom. The van der Waals surface area contributed by atoms with E-state index in [1.54, 1.807) is 39.0 Å². The molecule has 11 heteroatoms. The Morgan fingerprint density at radius 2 is 2.06 bits per heavy atom. The summed E-state index contributed by atoms with van der Waals surface area (Å²) in [5.41, 5.74) is 1.04. The van der Waals surface area contributed by atoms with Crippen molar-refractivity contribution in [1.82, 2.24) is 19.9 Å². The number of hydrogen-bond donors (Lipinski definition) is 1. The van der Waals surface area contributed by atoms with Crippen molar-refractivity contribution in [2.45, 2.75) is 39.2 Å². The Labute approximate surface area is 199 Å². The first kappa shape index (κ1) is 23.9. The molecule has 0 spiro atoms. The number of anilines is 1. The molecule has 3 aromatic heterocycles. The van der Waals surface area contributed by atoms with Crippen LogP contribution in [0.5, 0.6) is 0 Å². The number of aromatic nitrogens is 3. The Balaban J connectivity index is 1.58. The molecule has 3 aromatic rings. The predicted molar refractivity (Wildman–Crippen MR) is 124 cm³/mol. The summed E-state index contributed by atoms with van der Waals surface area (Å²) in [6.45, 7) is 5.70. The molecule has 2 amide bonds. The fourth-order valence-electron chi connectivity index (χ4n) is 3.75. The van der Waals surface area contributed by atoms with Gasteiger partial charge in [0.2, 0.25) is 12.3 Å². The number of fused-ring (bicyclic) bond motifs is 1. The first-order valence-corrected chi connectivity index (χ1v) is 11.1. The molecule has 1 N–H and O–H groups in total. The van der Waals surface area contributed by atoms with Crippen molar-refractivity contribution in [2.24, 2.45) is 0 Å². The molecule has 0 aromatic carbocycles. The molecule has 8 nitrogen and oxygen atoms in total. The van der Waals surface area contributed by atoms with Gasteiger partial charge in [0.1, 0.15) is 23.6 Å². The van der Waals surface area contributed by atoms with E-state index in [1.807, 2.05) is 0 Å². The van der Waals surface area contributed by atoms with Crippen LogP contribution in [0.2, 0.25) is 5.02 Å². The predicted octanol–water partition coefficient (Wildman–Crippen LogP) is 4.67. The molecule has 1 saturated heterocycles. The van der Waals surface area contributed by atoms with E-state index in [0.29, 0.717) is 40.2 Å². The number of rotatable bonds is 4. The minimum atomic E-state index is -2.52. The fraction of sp³-hybridized carbons (Fsp3) is 0.391. The summed E-state index contributed by atoms with van der Waals surface area (Å²) >= 11 is 6.60. The highest BCUT2D eigenvalue weighted by molar-refractivity contribution is 6.38. The summed E-state index contributed by atoms with van der Waals surface area (Å²) in [5.74, 6) is 0.0932. The molecule has 4 heterocycles. The summed E-state index contributed by atoms with van der Waals surface area (Å²) < 4.78 is 31.3. The van der Waals surface area contributed by atoms with Crippen LogP contribution in [0, 0.1) is 0 Å². The van der Waals surface area contributed by atoms with Crippen molar-refractivity contribution >= 4 is 40.5 Å². The maximum Gasteiger partial charge on any atom is 0.410 e. The van der Waals surface area contributed by atoms with Gasteiger partial charge in [-0.25, -0.2) is 23.5 Å². The number of alkyl halides is 2. The molecular formula is C23H24ClF2N5O3. The molecule has 0 bridgehead atoms. The zero-order valence-corrected chi connectivity index (χ0v) is 19.7. The first-order valence-electron chi connectivity index (χ1n) is 10.7.